The first-order valence-corrected chi connectivity index (χ1v) is 11.7. The topological polar surface area (TPSA) is 69.0 Å². The summed E-state index contributed by atoms with van der Waals surface area (Å²) in [6.45, 7) is 4.15. The van der Waals surface area contributed by atoms with Crippen LogP contribution in [-0.2, 0) is 0 Å². The molecule has 0 atom stereocenters. The number of nitrogens with zero attached hydrogens (tertiary/aromatic N) is 3. The molecule has 0 bridgehead atoms. The van der Waals surface area contributed by atoms with Gasteiger partial charge < -0.3 is 9.30 Å². The van der Waals surface area contributed by atoms with Crippen LogP contribution in [0.3, 0.4) is 0 Å². The average molecular weight is 451 g/mol. The first kappa shape index (κ1) is 21.1. The maximum atomic E-state index is 12.7. The smallest absolute Gasteiger partial charge is 0.260 e. The molecular formula is C23H22N4O2S2. The third-order valence-corrected chi connectivity index (χ3v) is 6.44. The lowest BCUT2D eigenvalue weighted by Crippen LogP contribution is -2.13. The van der Waals surface area contributed by atoms with Gasteiger partial charge in [0.1, 0.15) is 10.8 Å². The molecule has 0 saturated carbocycles. The molecule has 31 heavy (non-hydrogen) atoms. The van der Waals surface area contributed by atoms with Crippen LogP contribution in [0.2, 0.25) is 0 Å². The van der Waals surface area contributed by atoms with Gasteiger partial charge in [-0.15, -0.1) is 23.1 Å². The SMILES string of the molecule is COc1ccc(-n2c(C)cc(-c3csc(NC(=O)c4cccnc4SC)n3)c2C)cc1. The average Bonchev–Trinajstić information content (AvgIpc) is 3.37. The van der Waals surface area contributed by atoms with Crippen LogP contribution < -0.4 is 10.1 Å². The van der Waals surface area contributed by atoms with Crippen LogP contribution in [0.4, 0.5) is 5.13 Å². The van der Waals surface area contributed by atoms with Crippen LogP contribution in [0.15, 0.2) is 59.1 Å². The zero-order valence-electron chi connectivity index (χ0n) is 17.7. The maximum absolute atomic E-state index is 12.7. The summed E-state index contributed by atoms with van der Waals surface area (Å²) in [6, 6.07) is 13.6. The highest BCUT2D eigenvalue weighted by molar-refractivity contribution is 7.98. The second kappa shape index (κ2) is 8.95. The Hall–Kier alpha value is -3.10. The predicted molar refractivity (Wildman–Crippen MR) is 127 cm³/mol. The Kier molecular flexibility index (Phi) is 6.11. The highest BCUT2D eigenvalue weighted by Gasteiger charge is 2.17. The van der Waals surface area contributed by atoms with Gasteiger partial charge in [-0.05, 0) is 62.6 Å². The molecule has 0 saturated heterocycles. The van der Waals surface area contributed by atoms with Gasteiger partial charge in [-0.2, -0.15) is 0 Å². The third kappa shape index (κ3) is 4.22. The van der Waals surface area contributed by atoms with E-state index in [1.807, 2.05) is 35.9 Å². The lowest BCUT2D eigenvalue weighted by Gasteiger charge is -2.10. The lowest BCUT2D eigenvalue weighted by molar-refractivity contribution is 0.102. The van der Waals surface area contributed by atoms with Crippen LogP contribution in [-0.4, -0.2) is 33.8 Å². The maximum Gasteiger partial charge on any atom is 0.260 e. The van der Waals surface area contributed by atoms with Gasteiger partial charge in [-0.1, -0.05) is 0 Å². The van der Waals surface area contributed by atoms with Crippen molar-refractivity contribution in [1.29, 1.82) is 0 Å². The standard InChI is InChI=1S/C23H22N4O2S2/c1-14-12-19(15(2)27(14)16-7-9-17(29-3)10-8-16)20-13-31-23(25-20)26-21(28)18-6-5-11-24-22(18)30-4/h5-13H,1-4H3,(H,25,26,28). The summed E-state index contributed by atoms with van der Waals surface area (Å²) in [6.07, 6.45) is 3.59. The van der Waals surface area contributed by atoms with Crippen molar-refractivity contribution < 1.29 is 9.53 Å². The third-order valence-electron chi connectivity index (χ3n) is 4.97. The van der Waals surface area contributed by atoms with Crippen molar-refractivity contribution in [1.82, 2.24) is 14.5 Å². The number of thioether (sulfide) groups is 1. The van der Waals surface area contributed by atoms with Crippen LogP contribution >= 0.6 is 23.1 Å². The molecule has 0 radical (unpaired) electrons. The van der Waals surface area contributed by atoms with Crippen LogP contribution in [0.5, 0.6) is 5.75 Å². The Bertz CT molecular complexity index is 1230. The largest absolute Gasteiger partial charge is 0.497 e. The van der Waals surface area contributed by atoms with Gasteiger partial charge in [0.05, 0.1) is 18.4 Å². The first-order valence-electron chi connectivity index (χ1n) is 9.61. The van der Waals surface area contributed by atoms with Crippen molar-refractivity contribution in [3.8, 4) is 22.7 Å². The number of pyridine rings is 1. The molecule has 0 unspecified atom stereocenters. The van der Waals surface area contributed by atoms with Gasteiger partial charge in [0, 0.05) is 34.2 Å². The van der Waals surface area contributed by atoms with Crippen molar-refractivity contribution in [2.24, 2.45) is 0 Å². The Morgan fingerprint density at radius 1 is 1.19 bits per heavy atom. The molecule has 6 nitrogen and oxygen atoms in total. The molecule has 0 aliphatic heterocycles. The minimum absolute atomic E-state index is 0.206. The minimum Gasteiger partial charge on any atom is -0.497 e. The zero-order valence-corrected chi connectivity index (χ0v) is 19.3. The summed E-state index contributed by atoms with van der Waals surface area (Å²) in [5.74, 6) is 0.617. The number of ether oxygens (including phenoxy) is 1. The molecule has 4 rings (SSSR count). The molecule has 3 heterocycles. The molecule has 158 valence electrons. The van der Waals surface area contributed by atoms with Gasteiger partial charge in [0.25, 0.3) is 5.91 Å². The molecule has 0 spiro atoms. The molecule has 1 aromatic carbocycles. The molecule has 4 aromatic rings. The number of rotatable bonds is 6. The van der Waals surface area contributed by atoms with E-state index in [9.17, 15) is 4.79 Å². The quantitative estimate of drug-likeness (QED) is 0.388. The fourth-order valence-electron chi connectivity index (χ4n) is 3.50. The summed E-state index contributed by atoms with van der Waals surface area (Å²) < 4.78 is 7.45. The van der Waals surface area contributed by atoms with Crippen LogP contribution in [0.1, 0.15) is 21.7 Å². The number of methoxy groups -OCH3 is 1. The summed E-state index contributed by atoms with van der Waals surface area (Å²) in [4.78, 5) is 21.6. The number of aryl methyl sites for hydroxylation is 1. The van der Waals surface area contributed by atoms with Crippen molar-refractivity contribution in [2.45, 2.75) is 18.9 Å². The fourth-order valence-corrected chi connectivity index (χ4v) is 4.75. The van der Waals surface area contributed by atoms with E-state index in [1.165, 1.54) is 23.1 Å². The highest BCUT2D eigenvalue weighted by Crippen LogP contribution is 2.32. The van der Waals surface area contributed by atoms with Crippen molar-refractivity contribution in [2.75, 3.05) is 18.7 Å². The Balaban J connectivity index is 1.60. The molecule has 1 N–H and O–H groups in total. The summed E-state index contributed by atoms with van der Waals surface area (Å²) >= 11 is 2.85. The summed E-state index contributed by atoms with van der Waals surface area (Å²) in [5, 5.41) is 6.12. The van der Waals surface area contributed by atoms with E-state index >= 15 is 0 Å². The lowest BCUT2D eigenvalue weighted by atomic mass is 10.2. The molecule has 0 aliphatic rings. The number of carbonyl (C=O) groups excluding carboxylic acids is 1. The monoisotopic (exact) mass is 450 g/mol. The highest BCUT2D eigenvalue weighted by atomic mass is 32.2. The van der Waals surface area contributed by atoms with Gasteiger partial charge in [0.15, 0.2) is 5.13 Å². The van der Waals surface area contributed by atoms with Gasteiger partial charge in [-0.25, -0.2) is 9.97 Å². The van der Waals surface area contributed by atoms with Crippen molar-refractivity contribution in [3.63, 3.8) is 0 Å². The van der Waals surface area contributed by atoms with Crippen LogP contribution in [0.25, 0.3) is 16.9 Å². The Morgan fingerprint density at radius 2 is 1.97 bits per heavy atom. The minimum atomic E-state index is -0.206. The van der Waals surface area contributed by atoms with Gasteiger partial charge >= 0.3 is 0 Å². The van der Waals surface area contributed by atoms with E-state index in [0.29, 0.717) is 15.7 Å². The Morgan fingerprint density at radius 3 is 2.68 bits per heavy atom. The number of thiazole rings is 1. The summed E-state index contributed by atoms with van der Waals surface area (Å²) in [7, 11) is 1.66. The molecule has 0 aliphatic carbocycles. The van der Waals surface area contributed by atoms with Crippen molar-refractivity contribution in [3.05, 3.63) is 71.0 Å². The molecule has 1 amide bonds. The summed E-state index contributed by atoms with van der Waals surface area (Å²) in [5.41, 5.74) is 5.68. The number of carbonyl (C=O) groups is 1. The number of amides is 1. The number of nitrogens with one attached hydrogen (secondary N) is 1. The Labute approximate surface area is 189 Å². The zero-order chi connectivity index (χ0) is 22.0. The second-order valence-corrected chi connectivity index (χ2v) is 8.52. The number of anilines is 1. The first-order chi connectivity index (χ1) is 15.0. The molecular weight excluding hydrogens is 428 g/mol. The molecule has 0 fully saturated rings. The van der Waals surface area contributed by atoms with E-state index in [0.717, 1.165) is 34.1 Å². The normalized spacial score (nSPS) is 10.8. The van der Waals surface area contributed by atoms with E-state index in [1.54, 1.807) is 25.4 Å². The number of benzene rings is 1. The predicted octanol–water partition coefficient (Wildman–Crippen LogP) is 5.60. The fraction of sp³-hybridized carbons (Fsp3) is 0.174. The van der Waals surface area contributed by atoms with E-state index in [2.05, 4.69) is 39.8 Å². The van der Waals surface area contributed by atoms with E-state index < -0.39 is 0 Å². The van der Waals surface area contributed by atoms with E-state index in [-0.39, 0.29) is 5.91 Å². The van der Waals surface area contributed by atoms with E-state index in [4.69, 9.17) is 4.74 Å². The second-order valence-electron chi connectivity index (χ2n) is 6.87. The van der Waals surface area contributed by atoms with Gasteiger partial charge in [0.2, 0.25) is 0 Å². The van der Waals surface area contributed by atoms with Crippen molar-refractivity contribution >= 4 is 34.1 Å². The molecule has 3 aromatic heterocycles. The van der Waals surface area contributed by atoms with Crippen LogP contribution in [0, 0.1) is 13.8 Å². The number of hydrogen-bond donors (Lipinski definition) is 1. The molecule has 8 heteroatoms. The van der Waals surface area contributed by atoms with Gasteiger partial charge in [-0.3, -0.25) is 10.1 Å². The number of hydrogen-bond acceptors (Lipinski definition) is 6. The number of aromatic nitrogens is 3.